The molecule has 0 unspecified atom stereocenters. The first-order valence-electron chi connectivity index (χ1n) is 5.69. The minimum atomic E-state index is -4.69. The highest BCUT2D eigenvalue weighted by molar-refractivity contribution is 5.62. The number of alkyl halides is 3. The Bertz CT molecular complexity index is 653. The molecular weight excluding hydrogens is 279 g/mol. The second kappa shape index (κ2) is 5.03. The molecule has 0 fully saturated rings. The third-order valence-corrected chi connectivity index (χ3v) is 2.60. The van der Waals surface area contributed by atoms with Gasteiger partial charge in [-0.05, 0) is 19.1 Å². The van der Waals surface area contributed by atoms with Gasteiger partial charge in [0, 0.05) is 0 Å². The largest absolute Gasteiger partial charge is 0.488 e. The van der Waals surface area contributed by atoms with Crippen LogP contribution in [0, 0.1) is 0 Å². The zero-order chi connectivity index (χ0) is 14.9. The summed E-state index contributed by atoms with van der Waals surface area (Å²) in [5.41, 5.74) is -2.44. The number of halogens is 3. The molecule has 0 amide bonds. The smallest absolute Gasteiger partial charge is 0.415 e. The average Bonchev–Trinajstić information content (AvgIpc) is 2.89. The summed E-state index contributed by atoms with van der Waals surface area (Å²) in [6.07, 6.45) is -3.61. The van der Waals surface area contributed by atoms with Crippen molar-refractivity contribution in [2.24, 2.45) is 0 Å². The quantitative estimate of drug-likeness (QED) is 0.852. The van der Waals surface area contributed by atoms with Crippen LogP contribution in [0.2, 0.25) is 0 Å². The zero-order valence-electron chi connectivity index (χ0n) is 10.3. The Balaban J connectivity index is 2.33. The molecule has 0 aliphatic heterocycles. The Labute approximate surface area is 110 Å². The van der Waals surface area contributed by atoms with E-state index >= 15 is 0 Å². The van der Waals surface area contributed by atoms with E-state index in [0.29, 0.717) is 0 Å². The Kier molecular flexibility index (Phi) is 3.56. The van der Waals surface area contributed by atoms with E-state index in [2.05, 4.69) is 0 Å². The van der Waals surface area contributed by atoms with Gasteiger partial charge < -0.3 is 14.5 Å². The van der Waals surface area contributed by atoms with Crippen LogP contribution in [0.25, 0.3) is 0 Å². The van der Waals surface area contributed by atoms with E-state index in [1.54, 1.807) is 6.92 Å². The number of nitrogens with one attached hydrogen (secondary N) is 1. The molecule has 1 heterocycles. The molecule has 8 heteroatoms. The number of hydrogen-bond acceptors (Lipinski definition) is 5. The van der Waals surface area contributed by atoms with Gasteiger partial charge in [-0.15, -0.1) is 0 Å². The molecular formula is C12H10F3NO4. The Hall–Kier alpha value is -2.25. The average molecular weight is 289 g/mol. The van der Waals surface area contributed by atoms with Gasteiger partial charge in [0.25, 0.3) is 10.9 Å². The number of hydrogen-bond donors (Lipinski definition) is 1. The van der Waals surface area contributed by atoms with Crippen molar-refractivity contribution in [3.05, 3.63) is 44.6 Å². The van der Waals surface area contributed by atoms with Gasteiger partial charge in [-0.25, -0.2) is 0 Å². The molecule has 1 atom stereocenters. The predicted molar refractivity (Wildman–Crippen MR) is 63.6 cm³/mol. The minimum absolute atomic E-state index is 0.0664. The SMILES string of the molecule is CCOc1c(N[C@@H](c2ccco2)C(F)(F)F)c(=O)c1=O. The van der Waals surface area contributed by atoms with Crippen LogP contribution in [0.5, 0.6) is 5.75 Å². The van der Waals surface area contributed by atoms with Crippen molar-refractivity contribution in [2.75, 3.05) is 11.9 Å². The first-order chi connectivity index (χ1) is 9.36. The second-order valence-corrected chi connectivity index (χ2v) is 3.93. The van der Waals surface area contributed by atoms with Crippen LogP contribution in [0.1, 0.15) is 18.7 Å². The van der Waals surface area contributed by atoms with Crippen molar-refractivity contribution in [2.45, 2.75) is 19.1 Å². The summed E-state index contributed by atoms with van der Waals surface area (Å²) < 4.78 is 48.4. The fourth-order valence-electron chi connectivity index (χ4n) is 1.70. The Morgan fingerprint density at radius 2 is 2.05 bits per heavy atom. The standard InChI is InChI=1S/C12H10F3NO4/c1-2-19-10-7(8(17)9(10)18)16-11(12(13,14)15)6-4-3-5-20-6/h3-5,11,16H,2H2,1H3/t11-/m0/s1. The molecule has 5 nitrogen and oxygen atoms in total. The van der Waals surface area contributed by atoms with E-state index in [-0.39, 0.29) is 12.4 Å². The van der Waals surface area contributed by atoms with Crippen molar-refractivity contribution < 1.29 is 22.3 Å². The first-order valence-corrected chi connectivity index (χ1v) is 5.69. The lowest BCUT2D eigenvalue weighted by Crippen LogP contribution is -2.39. The monoisotopic (exact) mass is 289 g/mol. The molecule has 0 spiro atoms. The summed E-state index contributed by atoms with van der Waals surface area (Å²) in [6, 6.07) is 0.193. The summed E-state index contributed by atoms with van der Waals surface area (Å²) in [6.45, 7) is 1.62. The van der Waals surface area contributed by atoms with E-state index < -0.39 is 34.5 Å². The van der Waals surface area contributed by atoms with E-state index in [0.717, 1.165) is 12.3 Å². The molecule has 0 saturated carbocycles. The molecule has 20 heavy (non-hydrogen) atoms. The number of anilines is 1. The van der Waals surface area contributed by atoms with E-state index in [4.69, 9.17) is 9.15 Å². The van der Waals surface area contributed by atoms with Gasteiger partial charge >= 0.3 is 6.18 Å². The van der Waals surface area contributed by atoms with Crippen LogP contribution in [-0.4, -0.2) is 12.8 Å². The zero-order valence-corrected chi connectivity index (χ0v) is 10.3. The first kappa shape index (κ1) is 14.2. The lowest BCUT2D eigenvalue weighted by molar-refractivity contribution is -0.147. The summed E-state index contributed by atoms with van der Waals surface area (Å²) in [5.74, 6) is -0.786. The molecule has 108 valence electrons. The summed E-state index contributed by atoms with van der Waals surface area (Å²) in [4.78, 5) is 22.5. The van der Waals surface area contributed by atoms with Crippen LogP contribution >= 0.6 is 0 Å². The van der Waals surface area contributed by atoms with Gasteiger partial charge in [0.2, 0.25) is 0 Å². The highest BCUT2D eigenvalue weighted by Gasteiger charge is 2.44. The lowest BCUT2D eigenvalue weighted by Gasteiger charge is -2.22. The van der Waals surface area contributed by atoms with E-state index in [9.17, 15) is 22.8 Å². The van der Waals surface area contributed by atoms with Crippen molar-refractivity contribution in [1.82, 2.24) is 0 Å². The van der Waals surface area contributed by atoms with Crippen LogP contribution in [0.15, 0.2) is 32.4 Å². The summed E-state index contributed by atoms with van der Waals surface area (Å²) in [7, 11) is 0. The third kappa shape index (κ3) is 2.40. The topological polar surface area (TPSA) is 68.5 Å². The summed E-state index contributed by atoms with van der Waals surface area (Å²) >= 11 is 0. The molecule has 0 radical (unpaired) electrons. The number of furan rings is 1. The van der Waals surface area contributed by atoms with Crippen molar-refractivity contribution >= 4 is 5.69 Å². The van der Waals surface area contributed by atoms with Crippen molar-refractivity contribution in [1.29, 1.82) is 0 Å². The summed E-state index contributed by atoms with van der Waals surface area (Å²) in [5, 5.41) is 1.98. The highest BCUT2D eigenvalue weighted by Crippen LogP contribution is 2.36. The molecule has 0 aliphatic carbocycles. The molecule has 0 aliphatic rings. The molecule has 0 bridgehead atoms. The molecule has 1 aromatic heterocycles. The maximum Gasteiger partial charge on any atom is 0.415 e. The highest BCUT2D eigenvalue weighted by atomic mass is 19.4. The maximum atomic E-state index is 13.0. The predicted octanol–water partition coefficient (Wildman–Crippen LogP) is 1.99. The van der Waals surface area contributed by atoms with Gasteiger partial charge in [0.15, 0.2) is 11.8 Å². The van der Waals surface area contributed by atoms with Gasteiger partial charge in [0.05, 0.1) is 12.9 Å². The van der Waals surface area contributed by atoms with Crippen LogP contribution in [-0.2, 0) is 0 Å². The fraction of sp³-hybridized carbons (Fsp3) is 0.333. The van der Waals surface area contributed by atoms with E-state index in [1.165, 1.54) is 6.07 Å². The number of ether oxygens (including phenoxy) is 1. The molecule has 0 saturated heterocycles. The normalized spacial score (nSPS) is 13.4. The van der Waals surface area contributed by atoms with Gasteiger partial charge in [-0.3, -0.25) is 9.59 Å². The van der Waals surface area contributed by atoms with Crippen LogP contribution < -0.4 is 20.9 Å². The fourth-order valence-corrected chi connectivity index (χ4v) is 1.70. The molecule has 2 rings (SSSR count). The van der Waals surface area contributed by atoms with E-state index in [1.807, 2.05) is 5.32 Å². The maximum absolute atomic E-state index is 13.0. The molecule has 1 N–H and O–H groups in total. The molecule has 2 aromatic rings. The Morgan fingerprint density at radius 3 is 2.55 bits per heavy atom. The van der Waals surface area contributed by atoms with Crippen molar-refractivity contribution in [3.63, 3.8) is 0 Å². The minimum Gasteiger partial charge on any atom is -0.488 e. The van der Waals surface area contributed by atoms with Gasteiger partial charge in [-0.1, -0.05) is 0 Å². The van der Waals surface area contributed by atoms with Gasteiger partial charge in [0.1, 0.15) is 11.4 Å². The lowest BCUT2D eigenvalue weighted by atomic mass is 10.1. The third-order valence-electron chi connectivity index (χ3n) is 2.60. The van der Waals surface area contributed by atoms with Crippen LogP contribution in [0.4, 0.5) is 18.9 Å². The number of rotatable bonds is 5. The molecule has 1 aromatic carbocycles. The second-order valence-electron chi connectivity index (χ2n) is 3.93. The van der Waals surface area contributed by atoms with Crippen LogP contribution in [0.3, 0.4) is 0 Å². The van der Waals surface area contributed by atoms with Gasteiger partial charge in [-0.2, -0.15) is 13.2 Å². The Morgan fingerprint density at radius 1 is 1.35 bits per heavy atom. The van der Waals surface area contributed by atoms with Crippen molar-refractivity contribution in [3.8, 4) is 5.75 Å².